The van der Waals surface area contributed by atoms with E-state index < -0.39 is 22.6 Å². The molecule has 1 aromatic carbocycles. The minimum Gasteiger partial charge on any atom is -0.392 e. The maximum Gasteiger partial charge on any atom is 0.279 e. The van der Waals surface area contributed by atoms with Gasteiger partial charge in [-0.25, -0.2) is 4.98 Å². The van der Waals surface area contributed by atoms with E-state index in [4.69, 9.17) is 4.84 Å². The van der Waals surface area contributed by atoms with E-state index in [0.717, 1.165) is 25.7 Å². The first-order valence-electron chi connectivity index (χ1n) is 10.5. The second kappa shape index (κ2) is 9.37. The number of aromatic nitrogens is 2. The molecule has 0 bridgehead atoms. The summed E-state index contributed by atoms with van der Waals surface area (Å²) in [6.07, 6.45) is 8.24. The summed E-state index contributed by atoms with van der Waals surface area (Å²) >= 11 is 0. The molecule has 0 spiro atoms. The second-order valence-corrected chi connectivity index (χ2v) is 9.95. The fourth-order valence-corrected chi connectivity index (χ4v) is 4.73. The van der Waals surface area contributed by atoms with Gasteiger partial charge >= 0.3 is 0 Å². The van der Waals surface area contributed by atoms with Gasteiger partial charge in [0.1, 0.15) is 6.10 Å². The lowest BCUT2D eigenvalue weighted by molar-refractivity contribution is -0.110. The van der Waals surface area contributed by atoms with E-state index in [-0.39, 0.29) is 17.6 Å². The zero-order valence-electron chi connectivity index (χ0n) is 17.6. The summed E-state index contributed by atoms with van der Waals surface area (Å²) in [5.41, 5.74) is 0.909. The van der Waals surface area contributed by atoms with Crippen LogP contribution in [-0.4, -0.2) is 41.9 Å². The predicted molar refractivity (Wildman–Crippen MR) is 121 cm³/mol. The molecule has 1 heterocycles. The number of allylic oxidation sites excluding steroid dienone is 2. The number of carbonyl (C=O) groups excluding carboxylic acids is 1. The first kappa shape index (κ1) is 22.4. The average Bonchev–Trinajstić information content (AvgIpc) is 3.52. The van der Waals surface area contributed by atoms with Crippen molar-refractivity contribution in [2.45, 2.75) is 56.1 Å². The smallest absolute Gasteiger partial charge is 0.279 e. The minimum atomic E-state index is -2.96. The van der Waals surface area contributed by atoms with Gasteiger partial charge in [0.2, 0.25) is 0 Å². The van der Waals surface area contributed by atoms with Crippen LogP contribution in [-0.2, 0) is 9.63 Å². The van der Waals surface area contributed by atoms with E-state index in [1.807, 2.05) is 0 Å². The number of aliphatic hydroxyl groups excluding tert-OH is 1. The van der Waals surface area contributed by atoms with E-state index in [1.54, 1.807) is 37.3 Å². The zero-order chi connectivity index (χ0) is 22.7. The van der Waals surface area contributed by atoms with E-state index >= 15 is 0 Å². The third-order valence-corrected chi connectivity index (χ3v) is 7.34. The number of amides is 1. The molecule has 2 aromatic rings. The molecule has 1 saturated carbocycles. The lowest BCUT2D eigenvalue weighted by atomic mass is 10.1. The fraction of sp³-hybridized carbons (Fsp3) is 0.364. The van der Waals surface area contributed by atoms with Crippen LogP contribution in [0.2, 0.25) is 0 Å². The Morgan fingerprint density at radius 3 is 2.44 bits per heavy atom. The van der Waals surface area contributed by atoms with Crippen LogP contribution in [0.5, 0.6) is 0 Å². The van der Waals surface area contributed by atoms with Gasteiger partial charge in [0, 0.05) is 16.9 Å². The van der Waals surface area contributed by atoms with Crippen molar-refractivity contribution in [3.63, 3.8) is 0 Å². The van der Waals surface area contributed by atoms with Crippen LogP contribution >= 0.6 is 10.6 Å². The van der Waals surface area contributed by atoms with Gasteiger partial charge in [-0.1, -0.05) is 23.4 Å². The molecule has 1 aromatic heterocycles. The van der Waals surface area contributed by atoms with E-state index in [2.05, 4.69) is 20.4 Å². The molecule has 1 fully saturated rings. The van der Waals surface area contributed by atoms with Gasteiger partial charge < -0.3 is 15.3 Å². The number of rotatable bonds is 8. The number of benzene rings is 1. The summed E-state index contributed by atoms with van der Waals surface area (Å²) in [5.74, 6) is -0.328. The third-order valence-electron chi connectivity index (χ3n) is 5.34. The Kier molecular flexibility index (Phi) is 6.56. The van der Waals surface area contributed by atoms with Crippen LogP contribution in [0.15, 0.2) is 57.7 Å². The molecule has 2 aliphatic carbocycles. The second-order valence-electron chi connectivity index (χ2n) is 7.86. The van der Waals surface area contributed by atoms with Gasteiger partial charge in [-0.2, -0.15) is 0 Å². The minimum absolute atomic E-state index is 0.0315. The highest BCUT2D eigenvalue weighted by Crippen LogP contribution is 2.61. The van der Waals surface area contributed by atoms with Crippen LogP contribution < -0.4 is 5.32 Å². The Morgan fingerprint density at radius 1 is 1.19 bits per heavy atom. The maximum absolute atomic E-state index is 13.0. The molecular formula is C22H26N4O5S. The Balaban J connectivity index is 1.55. The van der Waals surface area contributed by atoms with Gasteiger partial charge in [0.05, 0.1) is 29.1 Å². The highest BCUT2D eigenvalue weighted by atomic mass is 32.3. The number of nitrogens with zero attached hydrogens (tertiary/aromatic N) is 3. The molecule has 0 saturated heterocycles. The summed E-state index contributed by atoms with van der Waals surface area (Å²) in [4.78, 5) is 27.8. The zero-order valence-corrected chi connectivity index (χ0v) is 18.5. The van der Waals surface area contributed by atoms with E-state index in [9.17, 15) is 19.0 Å². The molecule has 0 radical (unpaired) electrons. The first-order valence-corrected chi connectivity index (χ1v) is 12.0. The molecule has 9 nitrogen and oxygen atoms in total. The first-order chi connectivity index (χ1) is 15.3. The summed E-state index contributed by atoms with van der Waals surface area (Å²) < 4.78 is 20.7. The monoisotopic (exact) mass is 458 g/mol. The molecule has 0 aliphatic heterocycles. The van der Waals surface area contributed by atoms with Crippen LogP contribution in [0.4, 0.5) is 5.82 Å². The Hall–Kier alpha value is -2.79. The fourth-order valence-electron chi connectivity index (χ4n) is 3.37. The molecule has 170 valence electrons. The van der Waals surface area contributed by atoms with Gasteiger partial charge in [0.15, 0.2) is 11.5 Å². The van der Waals surface area contributed by atoms with Gasteiger partial charge in [-0.3, -0.25) is 18.9 Å². The SMILES string of the molecule is CC(O)c1cnc(NC(=O)C(=NOC2CCCC2)c2ccc(S(O)(O)C3=CC3)cc2)cn1. The van der Waals surface area contributed by atoms with Gasteiger partial charge in [0.25, 0.3) is 5.91 Å². The lowest BCUT2D eigenvalue weighted by Gasteiger charge is -2.30. The summed E-state index contributed by atoms with van der Waals surface area (Å²) in [6.45, 7) is 1.58. The summed E-state index contributed by atoms with van der Waals surface area (Å²) in [5, 5.41) is 16.4. The van der Waals surface area contributed by atoms with Gasteiger partial charge in [-0.05, 0) is 44.7 Å². The molecule has 1 atom stereocenters. The van der Waals surface area contributed by atoms with Crippen molar-refractivity contribution in [3.05, 3.63) is 58.9 Å². The van der Waals surface area contributed by atoms with Gasteiger partial charge in [-0.15, -0.1) is 10.6 Å². The normalized spacial score (nSPS) is 18.1. The Morgan fingerprint density at radius 2 is 1.88 bits per heavy atom. The van der Waals surface area contributed by atoms with Crippen molar-refractivity contribution in [2.24, 2.45) is 5.16 Å². The molecular weight excluding hydrogens is 432 g/mol. The van der Waals surface area contributed by atoms with Crippen molar-refractivity contribution in [2.75, 3.05) is 5.32 Å². The number of hydrogen-bond donors (Lipinski definition) is 4. The van der Waals surface area contributed by atoms with E-state index in [0.29, 0.717) is 27.5 Å². The lowest BCUT2D eigenvalue weighted by Crippen LogP contribution is -2.25. The van der Waals surface area contributed by atoms with Crippen LogP contribution in [0.1, 0.15) is 56.4 Å². The summed E-state index contributed by atoms with van der Waals surface area (Å²) in [6, 6.07) is 6.40. The molecule has 10 heteroatoms. The van der Waals surface area contributed by atoms with Crippen molar-refractivity contribution in [1.29, 1.82) is 0 Å². The largest absolute Gasteiger partial charge is 0.392 e. The maximum atomic E-state index is 13.0. The quantitative estimate of drug-likeness (QED) is 0.343. The standard InChI is InChI=1S/C22H26N4O5S/c1-14(27)19-12-24-20(13-23-19)25-22(28)21(26-31-16-4-2-3-5-16)15-6-8-17(9-7-15)32(29,30)18-10-11-18/h6-10,12-14,16,27,29-30H,2-5,11H2,1H3,(H,24,25,28). The Labute approximate surface area is 187 Å². The number of carbonyl (C=O) groups is 1. The van der Waals surface area contributed by atoms with Crippen molar-refractivity contribution in [1.82, 2.24) is 9.97 Å². The van der Waals surface area contributed by atoms with E-state index in [1.165, 1.54) is 12.4 Å². The van der Waals surface area contributed by atoms with Crippen LogP contribution in [0.25, 0.3) is 0 Å². The highest BCUT2D eigenvalue weighted by molar-refractivity contribution is 8.27. The number of aliphatic hydroxyl groups is 1. The van der Waals surface area contributed by atoms with Crippen molar-refractivity contribution >= 4 is 28.0 Å². The Bertz CT molecular complexity index is 1030. The molecule has 4 rings (SSSR count). The molecule has 1 unspecified atom stereocenters. The number of oxime groups is 1. The molecule has 32 heavy (non-hydrogen) atoms. The summed E-state index contributed by atoms with van der Waals surface area (Å²) in [7, 11) is -2.96. The average molecular weight is 459 g/mol. The van der Waals surface area contributed by atoms with Crippen LogP contribution in [0, 0.1) is 0 Å². The molecule has 2 aliphatic rings. The van der Waals surface area contributed by atoms with Crippen LogP contribution in [0.3, 0.4) is 0 Å². The number of nitrogens with one attached hydrogen (secondary N) is 1. The highest BCUT2D eigenvalue weighted by Gasteiger charge is 2.28. The number of hydrogen-bond acceptors (Lipinski definition) is 8. The molecule has 1 amide bonds. The topological polar surface area (TPSA) is 137 Å². The van der Waals surface area contributed by atoms with Crippen molar-refractivity contribution in [3.8, 4) is 0 Å². The predicted octanol–water partition coefficient (Wildman–Crippen LogP) is 4.23. The number of anilines is 1. The van der Waals surface area contributed by atoms with Crippen molar-refractivity contribution < 1.29 is 23.8 Å². The third kappa shape index (κ3) is 5.16. The molecule has 4 N–H and O–H groups in total.